The molecule has 2 atom stereocenters. The topological polar surface area (TPSA) is 38.5 Å². The SMILES string of the molecule is COCCN(CCC1CCCC1N)C(C)C. The van der Waals surface area contributed by atoms with Crippen LogP contribution in [0, 0.1) is 5.92 Å². The molecule has 0 heterocycles. The molecule has 0 bridgehead atoms. The van der Waals surface area contributed by atoms with Gasteiger partial charge in [-0.1, -0.05) is 6.42 Å². The van der Waals surface area contributed by atoms with Gasteiger partial charge in [-0.3, -0.25) is 4.90 Å². The molecule has 16 heavy (non-hydrogen) atoms. The number of methoxy groups -OCH3 is 1. The smallest absolute Gasteiger partial charge is 0.0589 e. The van der Waals surface area contributed by atoms with Crippen LogP contribution in [0.2, 0.25) is 0 Å². The van der Waals surface area contributed by atoms with Crippen LogP contribution in [-0.2, 0) is 4.74 Å². The minimum atomic E-state index is 0.455. The van der Waals surface area contributed by atoms with Crippen LogP contribution in [0.1, 0.15) is 39.5 Å². The highest BCUT2D eigenvalue weighted by Crippen LogP contribution is 2.27. The first kappa shape index (κ1) is 13.9. The van der Waals surface area contributed by atoms with Gasteiger partial charge in [0.1, 0.15) is 0 Å². The summed E-state index contributed by atoms with van der Waals surface area (Å²) < 4.78 is 5.15. The number of hydrogen-bond acceptors (Lipinski definition) is 3. The molecular weight excluding hydrogens is 200 g/mol. The third-order valence-corrected chi connectivity index (χ3v) is 3.82. The van der Waals surface area contributed by atoms with Crippen molar-refractivity contribution >= 4 is 0 Å². The molecule has 1 aliphatic rings. The molecule has 0 saturated heterocycles. The van der Waals surface area contributed by atoms with Crippen molar-refractivity contribution in [1.29, 1.82) is 0 Å². The van der Waals surface area contributed by atoms with Crippen molar-refractivity contribution in [2.75, 3.05) is 26.8 Å². The summed E-state index contributed by atoms with van der Waals surface area (Å²) in [6.45, 7) is 7.54. The van der Waals surface area contributed by atoms with E-state index in [0.29, 0.717) is 12.1 Å². The lowest BCUT2D eigenvalue weighted by molar-refractivity contribution is 0.124. The van der Waals surface area contributed by atoms with Crippen LogP contribution in [0.3, 0.4) is 0 Å². The molecule has 0 aromatic rings. The van der Waals surface area contributed by atoms with E-state index in [1.807, 2.05) is 0 Å². The molecule has 3 nitrogen and oxygen atoms in total. The molecule has 0 amide bonds. The molecule has 0 aliphatic heterocycles. The van der Waals surface area contributed by atoms with Crippen molar-refractivity contribution in [3.05, 3.63) is 0 Å². The minimum Gasteiger partial charge on any atom is -0.383 e. The summed E-state index contributed by atoms with van der Waals surface area (Å²) in [5.41, 5.74) is 6.10. The van der Waals surface area contributed by atoms with Gasteiger partial charge in [0.25, 0.3) is 0 Å². The van der Waals surface area contributed by atoms with Crippen molar-refractivity contribution in [2.24, 2.45) is 11.7 Å². The van der Waals surface area contributed by atoms with E-state index in [1.165, 1.54) is 32.2 Å². The van der Waals surface area contributed by atoms with Crippen LogP contribution in [0.15, 0.2) is 0 Å². The maximum absolute atomic E-state index is 6.10. The van der Waals surface area contributed by atoms with E-state index in [-0.39, 0.29) is 0 Å². The lowest BCUT2D eigenvalue weighted by Gasteiger charge is -2.28. The summed E-state index contributed by atoms with van der Waals surface area (Å²) in [6, 6.07) is 1.06. The van der Waals surface area contributed by atoms with E-state index in [9.17, 15) is 0 Å². The molecule has 1 rings (SSSR count). The summed E-state index contributed by atoms with van der Waals surface area (Å²) in [5, 5.41) is 0. The van der Waals surface area contributed by atoms with Crippen LogP contribution < -0.4 is 5.73 Å². The molecule has 1 saturated carbocycles. The number of hydrogen-bond donors (Lipinski definition) is 1. The number of nitrogens with zero attached hydrogens (tertiary/aromatic N) is 1. The van der Waals surface area contributed by atoms with Crippen molar-refractivity contribution in [2.45, 2.75) is 51.6 Å². The van der Waals surface area contributed by atoms with Crippen molar-refractivity contribution in [3.8, 4) is 0 Å². The monoisotopic (exact) mass is 228 g/mol. The van der Waals surface area contributed by atoms with Crippen molar-refractivity contribution < 1.29 is 4.74 Å². The highest BCUT2D eigenvalue weighted by Gasteiger charge is 2.24. The second-order valence-corrected chi connectivity index (χ2v) is 5.27. The predicted molar refractivity (Wildman–Crippen MR) is 68.5 cm³/mol. The van der Waals surface area contributed by atoms with Crippen LogP contribution in [-0.4, -0.2) is 43.8 Å². The first-order valence-corrected chi connectivity index (χ1v) is 6.63. The largest absolute Gasteiger partial charge is 0.383 e. The van der Waals surface area contributed by atoms with Gasteiger partial charge in [0.15, 0.2) is 0 Å². The zero-order valence-corrected chi connectivity index (χ0v) is 11.1. The molecule has 3 heteroatoms. The van der Waals surface area contributed by atoms with Gasteiger partial charge in [-0.25, -0.2) is 0 Å². The zero-order valence-electron chi connectivity index (χ0n) is 11.1. The Morgan fingerprint density at radius 3 is 2.56 bits per heavy atom. The Morgan fingerprint density at radius 2 is 2.06 bits per heavy atom. The van der Waals surface area contributed by atoms with E-state index < -0.39 is 0 Å². The second kappa shape index (κ2) is 7.25. The van der Waals surface area contributed by atoms with E-state index in [0.717, 1.165) is 19.1 Å². The summed E-state index contributed by atoms with van der Waals surface area (Å²) in [7, 11) is 1.77. The van der Waals surface area contributed by atoms with Crippen LogP contribution in [0.5, 0.6) is 0 Å². The Morgan fingerprint density at radius 1 is 1.31 bits per heavy atom. The summed E-state index contributed by atoms with van der Waals surface area (Å²) in [4.78, 5) is 2.49. The van der Waals surface area contributed by atoms with Crippen molar-refractivity contribution in [3.63, 3.8) is 0 Å². The maximum Gasteiger partial charge on any atom is 0.0589 e. The van der Waals surface area contributed by atoms with Crippen LogP contribution in [0.4, 0.5) is 0 Å². The van der Waals surface area contributed by atoms with E-state index in [1.54, 1.807) is 7.11 Å². The maximum atomic E-state index is 6.10. The Kier molecular flexibility index (Phi) is 6.32. The third-order valence-electron chi connectivity index (χ3n) is 3.82. The van der Waals surface area contributed by atoms with Gasteiger partial charge in [0, 0.05) is 25.7 Å². The number of rotatable bonds is 7. The number of nitrogens with two attached hydrogens (primary N) is 1. The molecule has 2 unspecified atom stereocenters. The third kappa shape index (κ3) is 4.40. The van der Waals surface area contributed by atoms with Gasteiger partial charge >= 0.3 is 0 Å². The Hall–Kier alpha value is -0.120. The molecule has 96 valence electrons. The van der Waals surface area contributed by atoms with Gasteiger partial charge in [0.05, 0.1) is 6.61 Å². The highest BCUT2D eigenvalue weighted by molar-refractivity contribution is 4.81. The van der Waals surface area contributed by atoms with Gasteiger partial charge in [-0.2, -0.15) is 0 Å². The van der Waals surface area contributed by atoms with E-state index >= 15 is 0 Å². The van der Waals surface area contributed by atoms with Crippen LogP contribution in [0.25, 0.3) is 0 Å². The normalized spacial score (nSPS) is 25.9. The zero-order chi connectivity index (χ0) is 12.0. The molecule has 1 aliphatic carbocycles. The lowest BCUT2D eigenvalue weighted by Crippen LogP contribution is -2.37. The first-order valence-electron chi connectivity index (χ1n) is 6.63. The molecule has 1 fully saturated rings. The molecule has 0 radical (unpaired) electrons. The highest BCUT2D eigenvalue weighted by atomic mass is 16.5. The fourth-order valence-electron chi connectivity index (χ4n) is 2.59. The average molecular weight is 228 g/mol. The van der Waals surface area contributed by atoms with Gasteiger partial charge in [0.2, 0.25) is 0 Å². The average Bonchev–Trinajstić information content (AvgIpc) is 2.64. The predicted octanol–water partition coefficient (Wildman–Crippen LogP) is 1.86. The molecule has 0 aromatic heterocycles. The molecule has 2 N–H and O–H groups in total. The summed E-state index contributed by atoms with van der Waals surface area (Å²) in [5.74, 6) is 0.754. The molecular formula is C13H28N2O. The van der Waals surface area contributed by atoms with Gasteiger partial charge < -0.3 is 10.5 Å². The lowest BCUT2D eigenvalue weighted by atomic mass is 10.00. The van der Waals surface area contributed by atoms with E-state index in [4.69, 9.17) is 10.5 Å². The standard InChI is InChI=1S/C13H28N2O/c1-11(2)15(9-10-16-3)8-7-12-5-4-6-13(12)14/h11-13H,4-10,14H2,1-3H3. The Labute approximate surface area is 100 Å². The number of ether oxygens (including phenoxy) is 1. The summed E-state index contributed by atoms with van der Waals surface area (Å²) >= 11 is 0. The summed E-state index contributed by atoms with van der Waals surface area (Å²) in [6.07, 6.45) is 5.14. The van der Waals surface area contributed by atoms with Gasteiger partial charge in [-0.15, -0.1) is 0 Å². The first-order chi connectivity index (χ1) is 7.65. The van der Waals surface area contributed by atoms with Crippen molar-refractivity contribution in [1.82, 2.24) is 4.90 Å². The van der Waals surface area contributed by atoms with Gasteiger partial charge in [-0.05, 0) is 45.6 Å². The Bertz CT molecular complexity index is 185. The molecule has 0 aromatic carbocycles. The second-order valence-electron chi connectivity index (χ2n) is 5.27. The minimum absolute atomic E-state index is 0.455. The fourth-order valence-corrected chi connectivity index (χ4v) is 2.59. The quantitative estimate of drug-likeness (QED) is 0.723. The Balaban J connectivity index is 2.25. The van der Waals surface area contributed by atoms with Crippen LogP contribution >= 0.6 is 0 Å². The van der Waals surface area contributed by atoms with E-state index in [2.05, 4.69) is 18.7 Å². The molecule has 0 spiro atoms. The fraction of sp³-hybridized carbons (Fsp3) is 1.00.